The third-order valence-corrected chi connectivity index (χ3v) is 9.35. The number of hydrogen-bond donors (Lipinski definition) is 5. The van der Waals surface area contributed by atoms with Gasteiger partial charge in [0.1, 0.15) is 30.2 Å². The zero-order valence-electron chi connectivity index (χ0n) is 23.9. The van der Waals surface area contributed by atoms with Crippen molar-refractivity contribution in [1.29, 1.82) is 0 Å². The standard InChI is InChI=1S/C38H30O6/c1-44-26-4-2-3-23(15-26)36(41)25-14-22-10-12-27-34-32(22)30(17-25)38(43)28-11-9-21-13-24(16-29(37(27)42)31(21)33(28)34)35(40)20-7-5-19(18-39)6-8-20/h2-17,35-43H,18H2,1H3. The lowest BCUT2D eigenvalue weighted by Gasteiger charge is -2.35. The summed E-state index contributed by atoms with van der Waals surface area (Å²) >= 11 is 0. The maximum atomic E-state index is 11.8. The molecule has 6 aromatic carbocycles. The van der Waals surface area contributed by atoms with Crippen molar-refractivity contribution in [3.05, 3.63) is 147 Å². The van der Waals surface area contributed by atoms with Crippen LogP contribution in [0.5, 0.6) is 5.75 Å². The van der Waals surface area contributed by atoms with Gasteiger partial charge in [-0.1, -0.05) is 60.7 Å². The van der Waals surface area contributed by atoms with E-state index in [9.17, 15) is 25.5 Å². The number of aliphatic hydroxyl groups is 5. The highest BCUT2D eigenvalue weighted by molar-refractivity contribution is 6.14. The second kappa shape index (κ2) is 9.99. The van der Waals surface area contributed by atoms with Gasteiger partial charge in [0.15, 0.2) is 0 Å². The van der Waals surface area contributed by atoms with Crippen LogP contribution in [0.4, 0.5) is 0 Å². The van der Waals surface area contributed by atoms with Gasteiger partial charge in [0.25, 0.3) is 0 Å². The van der Waals surface area contributed by atoms with Crippen molar-refractivity contribution in [3.63, 3.8) is 0 Å². The first-order valence-corrected chi connectivity index (χ1v) is 14.6. The summed E-state index contributed by atoms with van der Waals surface area (Å²) in [5, 5.41) is 59.2. The molecule has 0 saturated heterocycles. The minimum atomic E-state index is -0.936. The first kappa shape index (κ1) is 27.0. The van der Waals surface area contributed by atoms with Gasteiger partial charge in [0.2, 0.25) is 0 Å². The average molecular weight is 583 g/mol. The smallest absolute Gasteiger partial charge is 0.119 e. The van der Waals surface area contributed by atoms with Crippen LogP contribution in [0.25, 0.3) is 32.7 Å². The normalized spacial score (nSPS) is 17.7. The fourth-order valence-corrected chi connectivity index (χ4v) is 7.16. The van der Waals surface area contributed by atoms with Crippen LogP contribution in [0.3, 0.4) is 0 Å². The van der Waals surface area contributed by atoms with E-state index >= 15 is 0 Å². The highest BCUT2D eigenvalue weighted by atomic mass is 16.5. The number of benzene rings is 6. The summed E-state index contributed by atoms with van der Waals surface area (Å²) in [6, 6.07) is 29.8. The number of aliphatic hydroxyl groups excluding tert-OH is 5. The highest BCUT2D eigenvalue weighted by Crippen LogP contribution is 2.55. The van der Waals surface area contributed by atoms with E-state index in [1.165, 1.54) is 0 Å². The summed E-state index contributed by atoms with van der Waals surface area (Å²) in [7, 11) is 1.59. The van der Waals surface area contributed by atoms with Crippen LogP contribution in [-0.4, -0.2) is 32.6 Å². The van der Waals surface area contributed by atoms with Crippen molar-refractivity contribution >= 4 is 21.5 Å². The molecule has 8 rings (SSSR count). The molecule has 0 aliphatic heterocycles. The minimum absolute atomic E-state index is 0.0698. The van der Waals surface area contributed by atoms with Crippen LogP contribution >= 0.6 is 0 Å². The van der Waals surface area contributed by atoms with Crippen molar-refractivity contribution in [2.24, 2.45) is 0 Å². The van der Waals surface area contributed by atoms with Gasteiger partial charge in [-0.05, 0) is 119 Å². The van der Waals surface area contributed by atoms with E-state index in [4.69, 9.17) is 4.74 Å². The molecular weight excluding hydrogens is 552 g/mol. The predicted octanol–water partition coefficient (Wildman–Crippen LogP) is 6.11. The van der Waals surface area contributed by atoms with Gasteiger partial charge >= 0.3 is 0 Å². The fraction of sp³-hybridized carbons (Fsp3) is 0.158. The minimum Gasteiger partial charge on any atom is -0.497 e. The predicted molar refractivity (Wildman–Crippen MR) is 168 cm³/mol. The Morgan fingerprint density at radius 1 is 0.591 bits per heavy atom. The Morgan fingerprint density at radius 3 is 1.66 bits per heavy atom. The fourth-order valence-electron chi connectivity index (χ4n) is 7.16. The van der Waals surface area contributed by atoms with Gasteiger partial charge < -0.3 is 30.3 Å². The Morgan fingerprint density at radius 2 is 1.14 bits per heavy atom. The number of rotatable bonds is 6. The van der Waals surface area contributed by atoms with Crippen molar-refractivity contribution in [1.82, 2.24) is 0 Å². The quantitative estimate of drug-likeness (QED) is 0.162. The summed E-state index contributed by atoms with van der Waals surface area (Å²) < 4.78 is 5.36. The molecule has 0 fully saturated rings. The van der Waals surface area contributed by atoms with Gasteiger partial charge in [-0.15, -0.1) is 0 Å². The number of ether oxygens (including phenoxy) is 1. The molecule has 0 aromatic heterocycles. The van der Waals surface area contributed by atoms with Crippen LogP contribution in [0.1, 0.15) is 74.5 Å². The molecular formula is C38H30O6. The van der Waals surface area contributed by atoms with E-state index < -0.39 is 24.4 Å². The molecule has 218 valence electrons. The molecule has 44 heavy (non-hydrogen) atoms. The van der Waals surface area contributed by atoms with E-state index in [1.807, 2.05) is 66.7 Å². The summed E-state index contributed by atoms with van der Waals surface area (Å²) in [6.45, 7) is -0.0698. The topological polar surface area (TPSA) is 110 Å². The summed E-state index contributed by atoms with van der Waals surface area (Å²) in [4.78, 5) is 0. The maximum Gasteiger partial charge on any atom is 0.119 e. The second-order valence-corrected chi connectivity index (χ2v) is 11.8. The Bertz CT molecular complexity index is 2120. The third kappa shape index (κ3) is 3.86. The largest absolute Gasteiger partial charge is 0.497 e. The molecule has 6 heteroatoms. The van der Waals surface area contributed by atoms with Gasteiger partial charge in [0.05, 0.1) is 13.7 Å². The van der Waals surface area contributed by atoms with Crippen LogP contribution in [0.2, 0.25) is 0 Å². The Labute approximate surface area is 253 Å². The monoisotopic (exact) mass is 582 g/mol. The molecule has 0 spiro atoms. The van der Waals surface area contributed by atoms with E-state index in [2.05, 4.69) is 0 Å². The molecule has 5 N–H and O–H groups in total. The summed E-state index contributed by atoms with van der Waals surface area (Å²) in [5.74, 6) is 0.652. The van der Waals surface area contributed by atoms with Crippen LogP contribution < -0.4 is 4.74 Å². The SMILES string of the molecule is COc1cccc(C(O)c2cc3c4c5c(ccc4c2)C(O)c2cc(C(O)c4ccc(CO)cc4)cc4ccc(c-5c24)C3O)c1. The lowest BCUT2D eigenvalue weighted by molar-refractivity contribution is 0.211. The second-order valence-electron chi connectivity index (χ2n) is 11.8. The third-order valence-electron chi connectivity index (χ3n) is 9.35. The number of hydrogen-bond acceptors (Lipinski definition) is 6. The highest BCUT2D eigenvalue weighted by Gasteiger charge is 2.36. The lowest BCUT2D eigenvalue weighted by Crippen LogP contribution is -2.17. The van der Waals surface area contributed by atoms with E-state index in [0.717, 1.165) is 49.4 Å². The van der Waals surface area contributed by atoms with E-state index in [0.29, 0.717) is 39.1 Å². The van der Waals surface area contributed by atoms with E-state index in [1.54, 1.807) is 37.4 Å². The van der Waals surface area contributed by atoms with Gasteiger partial charge in [0, 0.05) is 0 Å². The molecule has 4 unspecified atom stereocenters. The molecule has 2 aliphatic rings. The molecule has 0 amide bonds. The molecule has 2 aliphatic carbocycles. The van der Waals surface area contributed by atoms with Gasteiger partial charge in [-0.2, -0.15) is 0 Å². The molecule has 6 aromatic rings. The van der Waals surface area contributed by atoms with Crippen molar-refractivity contribution in [2.45, 2.75) is 31.0 Å². The summed E-state index contributed by atoms with van der Waals surface area (Å²) in [5.41, 5.74) is 8.12. The number of methoxy groups -OCH3 is 1. The molecule has 6 nitrogen and oxygen atoms in total. The Kier molecular flexibility index (Phi) is 6.14. The molecule has 4 atom stereocenters. The molecule has 0 saturated carbocycles. The maximum absolute atomic E-state index is 11.8. The van der Waals surface area contributed by atoms with Gasteiger partial charge in [-0.25, -0.2) is 0 Å². The zero-order valence-corrected chi connectivity index (χ0v) is 23.9. The molecule has 0 heterocycles. The Hall–Kier alpha value is -4.56. The lowest BCUT2D eigenvalue weighted by atomic mass is 9.71. The van der Waals surface area contributed by atoms with Crippen LogP contribution in [0, 0.1) is 0 Å². The average Bonchev–Trinajstić information content (AvgIpc) is 3.07. The Balaban J connectivity index is 1.31. The zero-order chi connectivity index (χ0) is 30.3. The van der Waals surface area contributed by atoms with Crippen molar-refractivity contribution < 1.29 is 30.3 Å². The molecule has 0 radical (unpaired) electrons. The van der Waals surface area contributed by atoms with Gasteiger partial charge in [-0.3, -0.25) is 0 Å². The van der Waals surface area contributed by atoms with Crippen molar-refractivity contribution in [3.8, 4) is 16.9 Å². The van der Waals surface area contributed by atoms with Crippen molar-refractivity contribution in [2.75, 3.05) is 7.11 Å². The molecule has 0 bridgehead atoms. The van der Waals surface area contributed by atoms with Crippen LogP contribution in [-0.2, 0) is 6.61 Å². The van der Waals surface area contributed by atoms with E-state index in [-0.39, 0.29) is 6.61 Å². The first-order chi connectivity index (χ1) is 21.4. The first-order valence-electron chi connectivity index (χ1n) is 14.6. The van der Waals surface area contributed by atoms with Crippen LogP contribution in [0.15, 0.2) is 97.1 Å². The summed E-state index contributed by atoms with van der Waals surface area (Å²) in [6.07, 6.45) is -3.71.